The zero-order chi connectivity index (χ0) is 22.3. The van der Waals surface area contributed by atoms with E-state index < -0.39 is 10.0 Å². The fraction of sp³-hybridized carbons (Fsp3) is 0.250. The topological polar surface area (TPSA) is 79.4 Å². The number of aromatic nitrogens is 1. The fourth-order valence-corrected chi connectivity index (χ4v) is 6.82. The summed E-state index contributed by atoms with van der Waals surface area (Å²) in [5.74, 6) is -0.239. The number of fused-ring (bicyclic) bond motifs is 2. The maximum atomic E-state index is 13.3. The van der Waals surface area contributed by atoms with Gasteiger partial charge in [-0.25, -0.2) is 13.4 Å². The minimum Gasteiger partial charge on any atom is -0.298 e. The Bertz CT molecular complexity index is 1390. The molecule has 3 aromatic rings. The van der Waals surface area contributed by atoms with Crippen molar-refractivity contribution in [2.45, 2.75) is 32.6 Å². The lowest BCUT2D eigenvalue weighted by atomic mass is 10.0. The molecule has 2 aromatic carbocycles. The van der Waals surface area contributed by atoms with Crippen LogP contribution >= 0.6 is 11.3 Å². The quantitative estimate of drug-likeness (QED) is 0.593. The van der Waals surface area contributed by atoms with Gasteiger partial charge >= 0.3 is 0 Å². The van der Waals surface area contributed by atoms with E-state index >= 15 is 0 Å². The maximum absolute atomic E-state index is 13.3. The van der Waals surface area contributed by atoms with Gasteiger partial charge in [-0.2, -0.15) is 0 Å². The van der Waals surface area contributed by atoms with Crippen molar-refractivity contribution in [3.8, 4) is 0 Å². The summed E-state index contributed by atoms with van der Waals surface area (Å²) < 4.78 is 29.2. The van der Waals surface area contributed by atoms with E-state index in [1.165, 1.54) is 15.6 Å². The minimum atomic E-state index is -3.62. The van der Waals surface area contributed by atoms with Gasteiger partial charge in [0.2, 0.25) is 0 Å². The van der Waals surface area contributed by atoms with E-state index in [-0.39, 0.29) is 5.91 Å². The summed E-state index contributed by atoms with van der Waals surface area (Å²) >= 11 is 1.43. The van der Waals surface area contributed by atoms with E-state index in [0.29, 0.717) is 35.0 Å². The first-order valence-corrected chi connectivity index (χ1v) is 12.9. The molecule has 1 amide bonds. The summed E-state index contributed by atoms with van der Waals surface area (Å²) in [4.78, 5) is 17.5. The monoisotopic (exact) mass is 465 g/mol. The second-order valence-electron chi connectivity index (χ2n) is 8.08. The van der Waals surface area contributed by atoms with Gasteiger partial charge in [0.1, 0.15) is 0 Å². The molecule has 2 aliphatic rings. The average Bonchev–Trinajstić information content (AvgIpc) is 3.20. The molecule has 5 rings (SSSR count). The summed E-state index contributed by atoms with van der Waals surface area (Å²) in [6, 6.07) is 13.6. The summed E-state index contributed by atoms with van der Waals surface area (Å²) in [6.45, 7) is 2.50. The Morgan fingerprint density at radius 3 is 2.75 bits per heavy atom. The first-order chi connectivity index (χ1) is 15.4. The molecule has 0 radical (unpaired) electrons. The van der Waals surface area contributed by atoms with Crippen molar-refractivity contribution in [2.75, 3.05) is 16.2 Å². The second kappa shape index (κ2) is 8.18. The number of aryl methyl sites for hydroxylation is 2. The van der Waals surface area contributed by atoms with Crippen LogP contribution in [-0.2, 0) is 21.2 Å². The van der Waals surface area contributed by atoms with Crippen molar-refractivity contribution in [3.05, 3.63) is 76.2 Å². The zero-order valence-electron chi connectivity index (χ0n) is 17.7. The SMILES string of the molecule is Cc1ccc2nc(NC(=O)C3=CC=C(S(=O)(=O)N4CCCc5ccccc54)CC3)sc2c1. The number of rotatable bonds is 4. The number of amides is 1. The fourth-order valence-electron chi connectivity index (χ4n) is 4.18. The Labute approximate surface area is 191 Å². The molecule has 32 heavy (non-hydrogen) atoms. The Morgan fingerprint density at radius 2 is 1.94 bits per heavy atom. The number of thiazole rings is 1. The molecule has 0 atom stereocenters. The Kier molecular flexibility index (Phi) is 5.35. The molecular formula is C24H23N3O3S2. The van der Waals surface area contributed by atoms with Crippen molar-refractivity contribution in [2.24, 2.45) is 0 Å². The van der Waals surface area contributed by atoms with Gasteiger partial charge in [-0.15, -0.1) is 0 Å². The van der Waals surface area contributed by atoms with Gasteiger partial charge in [0.05, 0.1) is 20.8 Å². The highest BCUT2D eigenvalue weighted by Gasteiger charge is 2.31. The maximum Gasteiger partial charge on any atom is 0.260 e. The van der Waals surface area contributed by atoms with Crippen molar-refractivity contribution in [1.82, 2.24) is 4.98 Å². The van der Waals surface area contributed by atoms with Gasteiger partial charge in [0.15, 0.2) is 5.13 Å². The molecule has 1 aromatic heterocycles. The third kappa shape index (κ3) is 3.84. The van der Waals surface area contributed by atoms with E-state index in [0.717, 1.165) is 39.9 Å². The van der Waals surface area contributed by atoms with Gasteiger partial charge in [0, 0.05) is 12.1 Å². The first-order valence-electron chi connectivity index (χ1n) is 10.6. The first kappa shape index (κ1) is 20.9. The smallest absolute Gasteiger partial charge is 0.260 e. The number of sulfonamides is 1. The molecule has 1 N–H and O–H groups in total. The van der Waals surface area contributed by atoms with E-state index in [1.807, 2.05) is 49.4 Å². The third-order valence-electron chi connectivity index (χ3n) is 5.86. The molecule has 0 unspecified atom stereocenters. The molecule has 0 spiro atoms. The predicted molar refractivity (Wildman–Crippen MR) is 129 cm³/mol. The van der Waals surface area contributed by atoms with Gasteiger partial charge in [0.25, 0.3) is 15.9 Å². The van der Waals surface area contributed by atoms with E-state index in [2.05, 4.69) is 10.3 Å². The summed E-state index contributed by atoms with van der Waals surface area (Å²) in [5.41, 5.74) is 4.37. The van der Waals surface area contributed by atoms with Crippen LogP contribution in [0.15, 0.2) is 65.1 Å². The number of hydrogen-bond acceptors (Lipinski definition) is 5. The van der Waals surface area contributed by atoms with Gasteiger partial charge in [-0.05, 0) is 68.0 Å². The zero-order valence-corrected chi connectivity index (χ0v) is 19.3. The van der Waals surface area contributed by atoms with Crippen molar-refractivity contribution in [3.63, 3.8) is 0 Å². The number of nitrogens with zero attached hydrogens (tertiary/aromatic N) is 2. The molecule has 164 valence electrons. The van der Waals surface area contributed by atoms with E-state index in [4.69, 9.17) is 0 Å². The minimum absolute atomic E-state index is 0.239. The number of allylic oxidation sites excluding steroid dienone is 3. The summed E-state index contributed by atoms with van der Waals surface area (Å²) in [5, 5.41) is 3.41. The third-order valence-corrected chi connectivity index (χ3v) is 8.75. The van der Waals surface area contributed by atoms with Crippen LogP contribution in [0.5, 0.6) is 0 Å². The number of para-hydroxylation sites is 1. The number of carbonyl (C=O) groups excluding carboxylic acids is 1. The summed E-state index contributed by atoms with van der Waals surface area (Å²) in [6.07, 6.45) is 5.56. The molecule has 2 heterocycles. The van der Waals surface area contributed by atoms with Gasteiger partial charge in [-0.3, -0.25) is 14.4 Å². The number of nitrogens with one attached hydrogen (secondary N) is 1. The lowest BCUT2D eigenvalue weighted by molar-refractivity contribution is -0.113. The lowest BCUT2D eigenvalue weighted by Crippen LogP contribution is -2.36. The molecule has 0 bridgehead atoms. The van der Waals surface area contributed by atoms with Crippen molar-refractivity contribution in [1.29, 1.82) is 0 Å². The highest BCUT2D eigenvalue weighted by atomic mass is 32.2. The van der Waals surface area contributed by atoms with Crippen LogP contribution in [-0.4, -0.2) is 25.9 Å². The van der Waals surface area contributed by atoms with Crippen LogP contribution in [0.2, 0.25) is 0 Å². The number of anilines is 2. The second-order valence-corrected chi connectivity index (χ2v) is 11.0. The van der Waals surface area contributed by atoms with Crippen LogP contribution in [0.1, 0.15) is 30.4 Å². The molecule has 0 fully saturated rings. The van der Waals surface area contributed by atoms with Crippen LogP contribution in [0.25, 0.3) is 10.2 Å². The molecule has 8 heteroatoms. The van der Waals surface area contributed by atoms with E-state index in [1.54, 1.807) is 12.2 Å². The van der Waals surface area contributed by atoms with Crippen molar-refractivity contribution >= 4 is 48.3 Å². The molecule has 0 saturated carbocycles. The molecule has 1 aliphatic carbocycles. The van der Waals surface area contributed by atoms with Crippen molar-refractivity contribution < 1.29 is 13.2 Å². The van der Waals surface area contributed by atoms with Crippen LogP contribution in [0, 0.1) is 6.92 Å². The number of carbonyl (C=O) groups is 1. The largest absolute Gasteiger partial charge is 0.298 e. The van der Waals surface area contributed by atoms with Gasteiger partial charge in [-0.1, -0.05) is 41.7 Å². The lowest BCUT2D eigenvalue weighted by Gasteiger charge is -2.31. The summed E-state index contributed by atoms with van der Waals surface area (Å²) in [7, 11) is -3.62. The number of benzene rings is 2. The molecular weight excluding hydrogens is 442 g/mol. The normalized spacial score (nSPS) is 16.3. The Hall–Kier alpha value is -2.97. The molecule has 6 nitrogen and oxygen atoms in total. The highest BCUT2D eigenvalue weighted by Crippen LogP contribution is 2.34. The van der Waals surface area contributed by atoms with Gasteiger partial charge < -0.3 is 0 Å². The van der Waals surface area contributed by atoms with Crippen LogP contribution in [0.3, 0.4) is 0 Å². The average molecular weight is 466 g/mol. The van der Waals surface area contributed by atoms with E-state index in [9.17, 15) is 13.2 Å². The predicted octanol–water partition coefficient (Wildman–Crippen LogP) is 4.93. The van der Waals surface area contributed by atoms with Crippen LogP contribution < -0.4 is 9.62 Å². The standard InChI is InChI=1S/C24H23N3O3S2/c1-16-8-13-20-22(15-16)31-24(25-20)26-23(28)18-9-11-19(12-10-18)32(29,30)27-14-4-6-17-5-2-3-7-21(17)27/h2-3,5,7-9,11,13,15H,4,6,10,12,14H2,1H3,(H,25,26,28). The molecule has 1 aliphatic heterocycles. The highest BCUT2D eigenvalue weighted by molar-refractivity contribution is 7.96. The Morgan fingerprint density at radius 1 is 1.09 bits per heavy atom. The van der Waals surface area contributed by atoms with Crippen LogP contribution in [0.4, 0.5) is 10.8 Å². The number of hydrogen-bond donors (Lipinski definition) is 1. The molecule has 0 saturated heterocycles. The Balaban J connectivity index is 1.35.